The summed E-state index contributed by atoms with van der Waals surface area (Å²) in [5, 5.41) is 0. The smallest absolute Gasteiger partial charge is 0.0401 e. The Balaban J connectivity index is 1.66. The summed E-state index contributed by atoms with van der Waals surface area (Å²) in [4.78, 5) is 2.57. The number of benzene rings is 2. The van der Waals surface area contributed by atoms with Gasteiger partial charge in [0.25, 0.3) is 0 Å². The highest BCUT2D eigenvalue weighted by atomic mass is 15.2. The van der Waals surface area contributed by atoms with E-state index in [0.29, 0.717) is 6.04 Å². The third-order valence-electron chi connectivity index (χ3n) is 4.56. The van der Waals surface area contributed by atoms with Crippen molar-refractivity contribution >= 4 is 11.4 Å². The highest BCUT2D eigenvalue weighted by Gasteiger charge is 2.21. The van der Waals surface area contributed by atoms with Crippen molar-refractivity contribution in [3.05, 3.63) is 59.7 Å². The fourth-order valence-corrected chi connectivity index (χ4v) is 3.30. The minimum Gasteiger partial charge on any atom is -0.399 e. The quantitative estimate of drug-likeness (QED) is 0.856. The average Bonchev–Trinajstić information content (AvgIpc) is 2.51. The number of nitrogens with two attached hydrogens (primary N) is 1. The Labute approximate surface area is 127 Å². The van der Waals surface area contributed by atoms with Crippen molar-refractivity contribution in [2.75, 3.05) is 17.2 Å². The first-order valence-corrected chi connectivity index (χ1v) is 7.93. The third kappa shape index (κ3) is 3.05. The fourth-order valence-electron chi connectivity index (χ4n) is 3.30. The van der Waals surface area contributed by atoms with Gasteiger partial charge in [-0.1, -0.05) is 36.4 Å². The Hall–Kier alpha value is -1.96. The number of nitrogens with zero attached hydrogens (tertiary/aromatic N) is 1. The second-order valence-corrected chi connectivity index (χ2v) is 6.01. The van der Waals surface area contributed by atoms with E-state index in [1.54, 1.807) is 0 Å². The summed E-state index contributed by atoms with van der Waals surface area (Å²) in [5.74, 6) is 0. The van der Waals surface area contributed by atoms with Gasteiger partial charge in [0.2, 0.25) is 0 Å². The molecule has 0 spiro atoms. The van der Waals surface area contributed by atoms with Gasteiger partial charge in [-0.15, -0.1) is 0 Å². The van der Waals surface area contributed by atoms with E-state index >= 15 is 0 Å². The minimum atomic E-state index is 0.632. The largest absolute Gasteiger partial charge is 0.399 e. The fraction of sp³-hybridized carbons (Fsp3) is 0.368. The van der Waals surface area contributed by atoms with E-state index in [1.807, 2.05) is 12.1 Å². The molecule has 0 saturated carbocycles. The lowest BCUT2D eigenvalue weighted by atomic mass is 9.96. The second kappa shape index (κ2) is 6.21. The molecule has 0 aromatic heterocycles. The molecule has 2 heteroatoms. The lowest BCUT2D eigenvalue weighted by molar-refractivity contribution is 0.552. The van der Waals surface area contributed by atoms with Gasteiger partial charge in [-0.05, 0) is 55.9 Å². The number of nitrogen functional groups attached to an aromatic ring is 1. The molecule has 1 aliphatic heterocycles. The van der Waals surface area contributed by atoms with Crippen molar-refractivity contribution in [3.8, 4) is 0 Å². The predicted molar refractivity (Wildman–Crippen MR) is 90.7 cm³/mol. The maximum Gasteiger partial charge on any atom is 0.0401 e. The third-order valence-corrected chi connectivity index (χ3v) is 4.56. The molecular weight excluding hydrogens is 256 g/mol. The van der Waals surface area contributed by atoms with Crippen molar-refractivity contribution in [2.24, 2.45) is 0 Å². The van der Waals surface area contributed by atoms with Gasteiger partial charge in [0.1, 0.15) is 0 Å². The normalized spacial score (nSPS) is 17.6. The number of rotatable bonds is 4. The number of hydrogen-bond donors (Lipinski definition) is 1. The highest BCUT2D eigenvalue weighted by molar-refractivity contribution is 5.56. The Kier molecular flexibility index (Phi) is 4.14. The van der Waals surface area contributed by atoms with Crippen LogP contribution in [0.15, 0.2) is 48.5 Å². The van der Waals surface area contributed by atoms with Gasteiger partial charge in [0.05, 0.1) is 0 Å². The molecule has 0 saturated heterocycles. The van der Waals surface area contributed by atoms with Crippen LogP contribution in [-0.4, -0.2) is 12.6 Å². The zero-order valence-electron chi connectivity index (χ0n) is 12.8. The first kappa shape index (κ1) is 14.0. The monoisotopic (exact) mass is 280 g/mol. The first-order chi connectivity index (χ1) is 10.3. The van der Waals surface area contributed by atoms with Gasteiger partial charge in [-0.25, -0.2) is 0 Å². The van der Waals surface area contributed by atoms with Crippen molar-refractivity contribution in [3.63, 3.8) is 0 Å². The number of hydrogen-bond acceptors (Lipinski definition) is 2. The zero-order valence-corrected chi connectivity index (χ0v) is 12.8. The standard InChI is InChI=1S/C19H24N2/c1-15-12-13-17-8-3-5-11-19(17)21(15)14-6-9-16-7-2-4-10-18(16)20/h2-5,7-8,10-11,15H,6,9,12-14,20H2,1H3. The van der Waals surface area contributed by atoms with Crippen LogP contribution in [0.5, 0.6) is 0 Å². The molecule has 2 aromatic carbocycles. The summed E-state index contributed by atoms with van der Waals surface area (Å²) in [5.41, 5.74) is 11.1. The van der Waals surface area contributed by atoms with Gasteiger partial charge in [0.15, 0.2) is 0 Å². The molecule has 1 atom stereocenters. The second-order valence-electron chi connectivity index (χ2n) is 6.01. The van der Waals surface area contributed by atoms with Crippen LogP contribution >= 0.6 is 0 Å². The summed E-state index contributed by atoms with van der Waals surface area (Å²) in [7, 11) is 0. The van der Waals surface area contributed by atoms with Crippen LogP contribution in [0, 0.1) is 0 Å². The predicted octanol–water partition coefficient (Wildman–Crippen LogP) is 4.04. The molecular formula is C19H24N2. The van der Waals surface area contributed by atoms with Crippen LogP contribution in [-0.2, 0) is 12.8 Å². The minimum absolute atomic E-state index is 0.632. The van der Waals surface area contributed by atoms with Gasteiger partial charge in [-0.3, -0.25) is 0 Å². The first-order valence-electron chi connectivity index (χ1n) is 7.93. The highest BCUT2D eigenvalue weighted by Crippen LogP contribution is 2.30. The molecule has 21 heavy (non-hydrogen) atoms. The van der Waals surface area contributed by atoms with E-state index in [2.05, 4.69) is 48.2 Å². The van der Waals surface area contributed by atoms with E-state index in [-0.39, 0.29) is 0 Å². The van der Waals surface area contributed by atoms with Crippen molar-refractivity contribution < 1.29 is 0 Å². The summed E-state index contributed by atoms with van der Waals surface area (Å²) in [6.07, 6.45) is 4.66. The van der Waals surface area contributed by atoms with Crippen molar-refractivity contribution in [2.45, 2.75) is 38.6 Å². The summed E-state index contributed by atoms with van der Waals surface area (Å²) >= 11 is 0. The summed E-state index contributed by atoms with van der Waals surface area (Å²) in [6.45, 7) is 3.44. The number of fused-ring (bicyclic) bond motifs is 1. The van der Waals surface area contributed by atoms with Crippen LogP contribution in [0.4, 0.5) is 11.4 Å². The molecule has 1 heterocycles. The van der Waals surface area contributed by atoms with Gasteiger partial charge >= 0.3 is 0 Å². The number of anilines is 2. The number of aryl methyl sites for hydroxylation is 2. The average molecular weight is 280 g/mol. The molecule has 2 nitrogen and oxygen atoms in total. The summed E-state index contributed by atoms with van der Waals surface area (Å²) in [6, 6.07) is 17.7. The van der Waals surface area contributed by atoms with Gasteiger partial charge in [0, 0.05) is 24.0 Å². The van der Waals surface area contributed by atoms with Gasteiger partial charge in [-0.2, -0.15) is 0 Å². The van der Waals surface area contributed by atoms with E-state index in [1.165, 1.54) is 29.7 Å². The van der Waals surface area contributed by atoms with Crippen LogP contribution in [0.2, 0.25) is 0 Å². The lowest BCUT2D eigenvalue weighted by Crippen LogP contribution is -2.38. The van der Waals surface area contributed by atoms with Crippen molar-refractivity contribution in [1.82, 2.24) is 0 Å². The number of para-hydroxylation sites is 2. The summed E-state index contributed by atoms with van der Waals surface area (Å²) < 4.78 is 0. The van der Waals surface area contributed by atoms with E-state index in [0.717, 1.165) is 25.1 Å². The van der Waals surface area contributed by atoms with Crippen LogP contribution in [0.3, 0.4) is 0 Å². The maximum atomic E-state index is 6.03. The maximum absolute atomic E-state index is 6.03. The van der Waals surface area contributed by atoms with E-state index < -0.39 is 0 Å². The Morgan fingerprint density at radius 1 is 1.10 bits per heavy atom. The van der Waals surface area contributed by atoms with Crippen LogP contribution < -0.4 is 10.6 Å². The molecule has 0 amide bonds. The Morgan fingerprint density at radius 2 is 1.86 bits per heavy atom. The van der Waals surface area contributed by atoms with Crippen molar-refractivity contribution in [1.29, 1.82) is 0 Å². The molecule has 2 N–H and O–H groups in total. The Bertz CT molecular complexity index is 606. The Morgan fingerprint density at radius 3 is 2.71 bits per heavy atom. The topological polar surface area (TPSA) is 29.3 Å². The molecule has 3 rings (SSSR count). The molecule has 0 aliphatic carbocycles. The van der Waals surface area contributed by atoms with Crippen LogP contribution in [0.1, 0.15) is 30.9 Å². The zero-order chi connectivity index (χ0) is 14.7. The van der Waals surface area contributed by atoms with E-state index in [9.17, 15) is 0 Å². The molecule has 0 fully saturated rings. The van der Waals surface area contributed by atoms with Crippen LogP contribution in [0.25, 0.3) is 0 Å². The molecule has 110 valence electrons. The molecule has 2 aromatic rings. The molecule has 1 unspecified atom stereocenters. The van der Waals surface area contributed by atoms with E-state index in [4.69, 9.17) is 5.73 Å². The molecule has 1 aliphatic rings. The lowest BCUT2D eigenvalue weighted by Gasteiger charge is -2.37. The molecule has 0 bridgehead atoms. The SMILES string of the molecule is CC1CCc2ccccc2N1CCCc1ccccc1N. The van der Waals surface area contributed by atoms with Gasteiger partial charge < -0.3 is 10.6 Å². The molecule has 0 radical (unpaired) electrons.